The van der Waals surface area contributed by atoms with Gasteiger partial charge < -0.3 is 20.4 Å². The zero-order chi connectivity index (χ0) is 20.6. The van der Waals surface area contributed by atoms with Crippen molar-refractivity contribution in [1.29, 1.82) is 0 Å². The van der Waals surface area contributed by atoms with Crippen molar-refractivity contribution in [3.8, 4) is 5.75 Å². The van der Waals surface area contributed by atoms with Gasteiger partial charge in [-0.1, -0.05) is 11.6 Å². The van der Waals surface area contributed by atoms with Crippen LogP contribution in [0.15, 0.2) is 23.1 Å². The molecule has 1 aliphatic rings. The number of benzene rings is 1. The summed E-state index contributed by atoms with van der Waals surface area (Å²) >= 11 is 5.94. The topological polar surface area (TPSA) is 122 Å². The maximum absolute atomic E-state index is 12.9. The minimum Gasteiger partial charge on any atom is -0.498 e. The summed E-state index contributed by atoms with van der Waals surface area (Å²) in [6.07, 6.45) is -0.982. The standard InChI is InChI=1S/C17H26ClN3O5S/c1-17(2,3)21(16(22)23)10-12(8-13(21)9-19)20-27(24,25)15-7-11(18)5-6-14(15)26-4/h5-7,12-13,20H,8-10,19H2,1-4H3/t12-,13-,21?/m1/s1. The SMILES string of the molecule is COc1ccc(Cl)cc1S(=O)(=O)N[C@@H]1C[C@H](CN)[N+](C(=O)[O-])(C(C)(C)C)C1. The first-order valence-corrected chi connectivity index (χ1v) is 10.4. The molecule has 152 valence electrons. The van der Waals surface area contributed by atoms with Gasteiger partial charge in [-0.05, 0) is 39.0 Å². The average molecular weight is 420 g/mol. The molecule has 2 rings (SSSR count). The highest BCUT2D eigenvalue weighted by molar-refractivity contribution is 7.89. The molecule has 10 heteroatoms. The molecule has 3 atom stereocenters. The number of carbonyl (C=O) groups excluding carboxylic acids is 1. The van der Waals surface area contributed by atoms with Crippen LogP contribution in [0.3, 0.4) is 0 Å². The van der Waals surface area contributed by atoms with E-state index in [0.29, 0.717) is 0 Å². The van der Waals surface area contributed by atoms with Crippen LogP contribution < -0.4 is 20.3 Å². The molecule has 0 saturated carbocycles. The first kappa shape index (κ1) is 21.9. The molecule has 1 amide bonds. The molecule has 0 spiro atoms. The van der Waals surface area contributed by atoms with Gasteiger partial charge in [-0.3, -0.25) is 4.48 Å². The molecule has 8 nitrogen and oxygen atoms in total. The Morgan fingerprint density at radius 2 is 2.07 bits per heavy atom. The summed E-state index contributed by atoms with van der Waals surface area (Å²) in [6, 6.07) is 3.19. The Bertz CT molecular complexity index is 824. The van der Waals surface area contributed by atoms with Gasteiger partial charge >= 0.3 is 0 Å². The Morgan fingerprint density at radius 1 is 1.44 bits per heavy atom. The van der Waals surface area contributed by atoms with Crippen molar-refractivity contribution in [2.75, 3.05) is 20.2 Å². The van der Waals surface area contributed by atoms with E-state index in [0.717, 1.165) is 0 Å². The lowest BCUT2D eigenvalue weighted by Gasteiger charge is -2.49. The molecule has 3 N–H and O–H groups in total. The molecule has 1 aromatic rings. The summed E-state index contributed by atoms with van der Waals surface area (Å²) in [5, 5.41) is 12.3. The molecule has 27 heavy (non-hydrogen) atoms. The zero-order valence-corrected chi connectivity index (χ0v) is 17.4. The van der Waals surface area contributed by atoms with E-state index < -0.39 is 38.2 Å². The van der Waals surface area contributed by atoms with Crippen molar-refractivity contribution in [3.05, 3.63) is 23.2 Å². The lowest BCUT2D eigenvalue weighted by Crippen LogP contribution is -2.71. The van der Waals surface area contributed by atoms with Gasteiger partial charge in [-0.2, -0.15) is 0 Å². The third kappa shape index (κ3) is 3.93. The van der Waals surface area contributed by atoms with Gasteiger partial charge in [0.15, 0.2) is 0 Å². The van der Waals surface area contributed by atoms with Gasteiger partial charge in [-0.25, -0.2) is 13.1 Å². The molecular formula is C17H26ClN3O5S. The second-order valence-electron chi connectivity index (χ2n) is 7.73. The Morgan fingerprint density at radius 3 is 2.52 bits per heavy atom. The first-order valence-electron chi connectivity index (χ1n) is 8.54. The second-order valence-corrected chi connectivity index (χ2v) is 9.85. The molecule has 0 aliphatic carbocycles. The van der Waals surface area contributed by atoms with E-state index in [9.17, 15) is 18.3 Å². The number of nitrogens with one attached hydrogen (secondary N) is 1. The second kappa shape index (κ2) is 7.56. The number of hydrogen-bond acceptors (Lipinski definition) is 6. The van der Waals surface area contributed by atoms with Crippen LogP contribution in [-0.4, -0.2) is 56.8 Å². The van der Waals surface area contributed by atoms with E-state index in [1.165, 1.54) is 25.3 Å². The Kier molecular flexibility index (Phi) is 6.13. The van der Waals surface area contributed by atoms with Crippen LogP contribution in [0.1, 0.15) is 27.2 Å². The van der Waals surface area contributed by atoms with Crippen LogP contribution in [0.2, 0.25) is 5.02 Å². The third-order valence-electron chi connectivity index (χ3n) is 5.22. The number of sulfonamides is 1. The number of carbonyl (C=O) groups is 1. The third-order valence-corrected chi connectivity index (χ3v) is 7.00. The summed E-state index contributed by atoms with van der Waals surface area (Å²) in [7, 11) is -2.62. The Hall–Kier alpha value is -1.39. The van der Waals surface area contributed by atoms with E-state index in [2.05, 4.69) is 4.72 Å². The fourth-order valence-corrected chi connectivity index (χ4v) is 5.58. The molecule has 1 unspecified atom stereocenters. The first-order chi connectivity index (χ1) is 12.4. The van der Waals surface area contributed by atoms with E-state index in [1.54, 1.807) is 20.8 Å². The van der Waals surface area contributed by atoms with E-state index in [-0.39, 0.29) is 35.2 Å². The molecule has 0 radical (unpaired) electrons. The Labute approximate surface area is 164 Å². The van der Waals surface area contributed by atoms with Gasteiger partial charge in [0.25, 0.3) is 6.09 Å². The number of nitrogens with zero attached hydrogens (tertiary/aromatic N) is 1. The number of ether oxygens (including phenoxy) is 1. The normalized spacial score (nSPS) is 26.1. The number of methoxy groups -OCH3 is 1. The molecule has 0 bridgehead atoms. The predicted octanol–water partition coefficient (Wildman–Crippen LogP) is 0.685. The van der Waals surface area contributed by atoms with Crippen molar-refractivity contribution in [3.63, 3.8) is 0 Å². The van der Waals surface area contributed by atoms with Crippen LogP contribution >= 0.6 is 11.6 Å². The summed E-state index contributed by atoms with van der Waals surface area (Å²) < 4.78 is 33.1. The van der Waals surface area contributed by atoms with Gasteiger partial charge in [0.2, 0.25) is 10.0 Å². The molecule has 1 heterocycles. The van der Waals surface area contributed by atoms with Crippen LogP contribution in [0.4, 0.5) is 4.79 Å². The maximum atomic E-state index is 12.9. The maximum Gasteiger partial charge on any atom is 0.258 e. The molecule has 0 aromatic heterocycles. The molecule has 1 aliphatic heterocycles. The molecular weight excluding hydrogens is 394 g/mol. The van der Waals surface area contributed by atoms with E-state index in [1.807, 2.05) is 0 Å². The van der Waals surface area contributed by atoms with Crippen molar-refractivity contribution in [2.24, 2.45) is 5.73 Å². The van der Waals surface area contributed by atoms with Gasteiger partial charge in [0.05, 0.1) is 18.7 Å². The van der Waals surface area contributed by atoms with Crippen LogP contribution in [0.5, 0.6) is 5.75 Å². The summed E-state index contributed by atoms with van der Waals surface area (Å²) in [6.45, 7) is 5.48. The zero-order valence-electron chi connectivity index (χ0n) is 15.9. The molecule has 1 saturated heterocycles. The summed E-state index contributed by atoms with van der Waals surface area (Å²) in [4.78, 5) is 12.0. The van der Waals surface area contributed by atoms with Gasteiger partial charge in [-0.15, -0.1) is 0 Å². The highest BCUT2D eigenvalue weighted by Crippen LogP contribution is 2.37. The highest BCUT2D eigenvalue weighted by Gasteiger charge is 2.55. The summed E-state index contributed by atoms with van der Waals surface area (Å²) in [5.41, 5.74) is 5.11. The van der Waals surface area contributed by atoms with Crippen molar-refractivity contribution in [1.82, 2.24) is 4.72 Å². The quantitative estimate of drug-likeness (QED) is 0.677. The lowest BCUT2D eigenvalue weighted by atomic mass is 10.00. The van der Waals surface area contributed by atoms with E-state index in [4.69, 9.17) is 22.1 Å². The lowest BCUT2D eigenvalue weighted by molar-refractivity contribution is -0.929. The van der Waals surface area contributed by atoms with Crippen molar-refractivity contribution >= 4 is 27.7 Å². The van der Waals surface area contributed by atoms with Crippen LogP contribution in [0, 0.1) is 0 Å². The number of nitrogens with two attached hydrogens (primary N) is 1. The fourth-order valence-electron chi connectivity index (χ4n) is 3.90. The van der Waals surface area contributed by atoms with Gasteiger partial charge in [0.1, 0.15) is 23.2 Å². The van der Waals surface area contributed by atoms with Crippen LogP contribution in [0.25, 0.3) is 0 Å². The Balaban J connectivity index is 2.39. The van der Waals surface area contributed by atoms with Crippen molar-refractivity contribution in [2.45, 2.75) is 49.7 Å². The minimum absolute atomic E-state index is 0.0375. The van der Waals surface area contributed by atoms with Gasteiger partial charge in [0, 0.05) is 18.0 Å². The number of hydrogen-bond donors (Lipinski definition) is 2. The number of rotatable bonds is 5. The highest BCUT2D eigenvalue weighted by atomic mass is 35.5. The number of amides is 1. The largest absolute Gasteiger partial charge is 0.498 e. The van der Waals surface area contributed by atoms with Crippen molar-refractivity contribution < 1.29 is 27.5 Å². The smallest absolute Gasteiger partial charge is 0.258 e. The monoisotopic (exact) mass is 419 g/mol. The number of quaternary nitrogens is 1. The number of carboxylic acid groups (broad SMARTS) is 1. The number of halogens is 1. The molecule has 1 fully saturated rings. The minimum atomic E-state index is -3.99. The van der Waals surface area contributed by atoms with Crippen LogP contribution in [-0.2, 0) is 10.0 Å². The predicted molar refractivity (Wildman–Crippen MR) is 99.8 cm³/mol. The average Bonchev–Trinajstić information content (AvgIpc) is 2.93. The summed E-state index contributed by atoms with van der Waals surface area (Å²) in [5.74, 6) is 0.150. The van der Waals surface area contributed by atoms with E-state index >= 15 is 0 Å². The fraction of sp³-hybridized carbons (Fsp3) is 0.588. The molecule has 1 aromatic carbocycles. The number of likely N-dealkylation sites (tertiary alicyclic amines) is 1.